The van der Waals surface area contributed by atoms with E-state index in [1.54, 1.807) is 31.2 Å². The normalized spacial score (nSPS) is 12.8. The van der Waals surface area contributed by atoms with Gasteiger partial charge in [0.25, 0.3) is 10.0 Å². The Morgan fingerprint density at radius 2 is 1.96 bits per heavy atom. The molecule has 2 rings (SSSR count). The Hall–Kier alpha value is -1.77. The highest BCUT2D eigenvalue weighted by molar-refractivity contribution is 7.91. The van der Waals surface area contributed by atoms with E-state index in [-0.39, 0.29) is 22.2 Å². The van der Waals surface area contributed by atoms with E-state index in [2.05, 4.69) is 10.0 Å². The smallest absolute Gasteiger partial charge is 0.250 e. The lowest BCUT2D eigenvalue weighted by Crippen LogP contribution is -2.26. The lowest BCUT2D eigenvalue weighted by atomic mass is 10.1. The highest BCUT2D eigenvalue weighted by Crippen LogP contribution is 2.24. The third kappa shape index (κ3) is 4.60. The Labute approximate surface area is 138 Å². The van der Waals surface area contributed by atoms with Crippen LogP contribution in [-0.2, 0) is 21.4 Å². The zero-order chi connectivity index (χ0) is 17.0. The van der Waals surface area contributed by atoms with Gasteiger partial charge in [-0.05, 0) is 25.1 Å². The van der Waals surface area contributed by atoms with Crippen molar-refractivity contribution in [1.82, 2.24) is 10.0 Å². The van der Waals surface area contributed by atoms with Crippen molar-refractivity contribution < 1.29 is 17.6 Å². The van der Waals surface area contributed by atoms with Crippen molar-refractivity contribution in [2.45, 2.75) is 30.6 Å². The van der Waals surface area contributed by atoms with Crippen LogP contribution in [0.5, 0.6) is 0 Å². The van der Waals surface area contributed by atoms with E-state index in [0.717, 1.165) is 16.2 Å². The SMILES string of the molecule is CC(=O)NCc1ccc(S(=O)(=O)N[C@H](C)c2ccccc2F)s1. The van der Waals surface area contributed by atoms with Crippen LogP contribution in [0.1, 0.15) is 30.3 Å². The number of rotatable bonds is 6. The molecule has 1 heterocycles. The second-order valence-electron chi connectivity index (χ2n) is 4.99. The molecule has 8 heteroatoms. The first-order chi connectivity index (χ1) is 10.8. The third-order valence-corrected chi connectivity index (χ3v) is 6.23. The number of carbonyl (C=O) groups is 1. The monoisotopic (exact) mass is 356 g/mol. The van der Waals surface area contributed by atoms with Crippen molar-refractivity contribution in [2.24, 2.45) is 0 Å². The Kier molecular flexibility index (Phi) is 5.51. The molecule has 0 bridgehead atoms. The van der Waals surface area contributed by atoms with E-state index in [1.165, 1.54) is 19.1 Å². The lowest BCUT2D eigenvalue weighted by Gasteiger charge is -2.14. The van der Waals surface area contributed by atoms with E-state index in [1.807, 2.05) is 0 Å². The van der Waals surface area contributed by atoms with E-state index in [4.69, 9.17) is 0 Å². The minimum atomic E-state index is -3.75. The van der Waals surface area contributed by atoms with Crippen LogP contribution in [0, 0.1) is 5.82 Å². The molecular formula is C15H17FN2O3S2. The summed E-state index contributed by atoms with van der Waals surface area (Å²) in [7, 11) is -3.75. The average Bonchev–Trinajstić information content (AvgIpc) is 2.94. The predicted molar refractivity (Wildman–Crippen MR) is 87.0 cm³/mol. The van der Waals surface area contributed by atoms with Crippen LogP contribution in [0.15, 0.2) is 40.6 Å². The van der Waals surface area contributed by atoms with E-state index in [0.29, 0.717) is 0 Å². The summed E-state index contributed by atoms with van der Waals surface area (Å²) in [4.78, 5) is 11.6. The molecule has 0 spiro atoms. The molecule has 0 fully saturated rings. The molecule has 5 nitrogen and oxygen atoms in total. The minimum Gasteiger partial charge on any atom is -0.351 e. The van der Waals surface area contributed by atoms with Crippen molar-refractivity contribution in [3.63, 3.8) is 0 Å². The van der Waals surface area contributed by atoms with Gasteiger partial charge in [-0.25, -0.2) is 17.5 Å². The van der Waals surface area contributed by atoms with Gasteiger partial charge in [0.05, 0.1) is 6.54 Å². The topological polar surface area (TPSA) is 75.3 Å². The number of amides is 1. The fraction of sp³-hybridized carbons (Fsp3) is 0.267. The van der Waals surface area contributed by atoms with Gasteiger partial charge in [0.2, 0.25) is 5.91 Å². The summed E-state index contributed by atoms with van der Waals surface area (Å²) in [6, 6.07) is 8.45. The summed E-state index contributed by atoms with van der Waals surface area (Å²) in [5.41, 5.74) is 0.283. The van der Waals surface area contributed by atoms with Crippen LogP contribution >= 0.6 is 11.3 Å². The first kappa shape index (κ1) is 17.6. The van der Waals surface area contributed by atoms with Gasteiger partial charge in [-0.3, -0.25) is 4.79 Å². The predicted octanol–water partition coefficient (Wildman–Crippen LogP) is 2.56. The fourth-order valence-corrected chi connectivity index (χ4v) is 4.52. The van der Waals surface area contributed by atoms with Crippen LogP contribution in [0.4, 0.5) is 4.39 Å². The zero-order valence-corrected chi connectivity index (χ0v) is 14.3. The molecule has 0 radical (unpaired) electrons. The summed E-state index contributed by atoms with van der Waals surface area (Å²) in [5.74, 6) is -0.644. The van der Waals surface area contributed by atoms with Gasteiger partial charge < -0.3 is 5.32 Å². The minimum absolute atomic E-state index is 0.126. The summed E-state index contributed by atoms with van der Waals surface area (Å²) >= 11 is 1.06. The van der Waals surface area contributed by atoms with E-state index < -0.39 is 21.9 Å². The molecule has 0 saturated heterocycles. The number of hydrogen-bond donors (Lipinski definition) is 2. The van der Waals surface area contributed by atoms with Crippen LogP contribution in [0.3, 0.4) is 0 Å². The maximum absolute atomic E-state index is 13.7. The first-order valence-electron chi connectivity index (χ1n) is 6.89. The van der Waals surface area contributed by atoms with Gasteiger partial charge >= 0.3 is 0 Å². The largest absolute Gasteiger partial charge is 0.351 e. The van der Waals surface area contributed by atoms with Crippen molar-refractivity contribution in [3.8, 4) is 0 Å². The molecule has 1 aromatic carbocycles. The Morgan fingerprint density at radius 1 is 1.26 bits per heavy atom. The maximum atomic E-state index is 13.7. The Balaban J connectivity index is 2.13. The molecule has 124 valence electrons. The van der Waals surface area contributed by atoms with Crippen molar-refractivity contribution in [2.75, 3.05) is 0 Å². The van der Waals surface area contributed by atoms with Crippen LogP contribution in [0.25, 0.3) is 0 Å². The van der Waals surface area contributed by atoms with Gasteiger partial charge in [-0.1, -0.05) is 18.2 Å². The molecule has 0 aliphatic heterocycles. The van der Waals surface area contributed by atoms with Crippen LogP contribution in [0.2, 0.25) is 0 Å². The number of carbonyl (C=O) groups excluding carboxylic acids is 1. The molecule has 1 amide bonds. The van der Waals surface area contributed by atoms with Gasteiger partial charge in [0.15, 0.2) is 0 Å². The van der Waals surface area contributed by atoms with Gasteiger partial charge in [-0.2, -0.15) is 0 Å². The van der Waals surface area contributed by atoms with E-state index >= 15 is 0 Å². The number of nitrogens with one attached hydrogen (secondary N) is 2. The number of hydrogen-bond acceptors (Lipinski definition) is 4. The molecule has 1 aromatic heterocycles. The molecular weight excluding hydrogens is 339 g/mol. The third-order valence-electron chi connectivity index (χ3n) is 3.12. The molecule has 2 aromatic rings. The van der Waals surface area contributed by atoms with Gasteiger partial charge in [0.1, 0.15) is 10.0 Å². The lowest BCUT2D eigenvalue weighted by molar-refractivity contribution is -0.119. The summed E-state index contributed by atoms with van der Waals surface area (Å²) < 4.78 is 41.1. The second-order valence-corrected chi connectivity index (χ2v) is 8.10. The molecule has 0 aliphatic rings. The molecule has 23 heavy (non-hydrogen) atoms. The summed E-state index contributed by atoms with van der Waals surface area (Å²) in [5, 5.41) is 2.61. The van der Waals surface area contributed by atoms with Crippen molar-refractivity contribution >= 4 is 27.3 Å². The molecule has 1 atom stereocenters. The van der Waals surface area contributed by atoms with Gasteiger partial charge in [-0.15, -0.1) is 11.3 Å². The van der Waals surface area contributed by atoms with Gasteiger partial charge in [0, 0.05) is 23.4 Å². The Bertz CT molecular complexity index is 803. The second kappa shape index (κ2) is 7.20. The van der Waals surface area contributed by atoms with Crippen molar-refractivity contribution in [1.29, 1.82) is 0 Å². The number of halogens is 1. The highest BCUT2D eigenvalue weighted by atomic mass is 32.2. The summed E-state index contributed by atoms with van der Waals surface area (Å²) in [6.45, 7) is 3.25. The Morgan fingerprint density at radius 3 is 2.61 bits per heavy atom. The zero-order valence-electron chi connectivity index (χ0n) is 12.7. The first-order valence-corrected chi connectivity index (χ1v) is 9.19. The van der Waals surface area contributed by atoms with Crippen LogP contribution < -0.4 is 10.0 Å². The summed E-state index contributed by atoms with van der Waals surface area (Å²) in [6.07, 6.45) is 0. The number of benzene rings is 1. The average molecular weight is 356 g/mol. The molecule has 0 saturated carbocycles. The molecule has 0 unspecified atom stereocenters. The fourth-order valence-electron chi connectivity index (χ4n) is 1.99. The maximum Gasteiger partial charge on any atom is 0.250 e. The van der Waals surface area contributed by atoms with E-state index in [9.17, 15) is 17.6 Å². The molecule has 0 aliphatic carbocycles. The quantitative estimate of drug-likeness (QED) is 0.835. The van der Waals surface area contributed by atoms with Crippen molar-refractivity contribution in [3.05, 3.63) is 52.7 Å². The number of thiophene rings is 1. The van der Waals surface area contributed by atoms with Crippen LogP contribution in [-0.4, -0.2) is 14.3 Å². The highest BCUT2D eigenvalue weighted by Gasteiger charge is 2.21. The standard InChI is InChI=1S/C15H17FN2O3S2/c1-10(13-5-3-4-6-14(13)16)18-23(20,21)15-8-7-12(22-15)9-17-11(2)19/h3-8,10,18H,9H2,1-2H3,(H,17,19)/t10-/m1/s1. The number of sulfonamides is 1. The molecule has 2 N–H and O–H groups in total.